The van der Waals surface area contributed by atoms with Crippen molar-refractivity contribution in [2.24, 2.45) is 0 Å². The molecule has 0 amide bonds. The molecule has 2 heteroatoms. The highest BCUT2D eigenvalue weighted by atomic mass is 35.5. The normalized spacial score (nSPS) is 9.12. The van der Waals surface area contributed by atoms with Gasteiger partial charge in [0.25, 0.3) is 0 Å². The molecule has 0 aliphatic heterocycles. The quantitative estimate of drug-likeness (QED) is 0.527. The molecule has 41 valence electrons. The molecule has 0 saturated heterocycles. The van der Waals surface area contributed by atoms with Gasteiger partial charge in [-0.3, -0.25) is 0 Å². The van der Waals surface area contributed by atoms with E-state index in [0.717, 1.165) is 0 Å². The Morgan fingerprint density at radius 1 is 1.50 bits per heavy atom. The molecule has 8 heavy (non-hydrogen) atoms. The van der Waals surface area contributed by atoms with E-state index in [9.17, 15) is 0 Å². The van der Waals surface area contributed by atoms with Gasteiger partial charge in [-0.2, -0.15) is 0 Å². The lowest BCUT2D eigenvalue weighted by Crippen LogP contribution is -1.81. The lowest BCUT2D eigenvalue weighted by atomic mass is 10.3. The fourth-order valence-corrected chi connectivity index (χ4v) is 0.639. The first kappa shape index (κ1) is 5.45. The van der Waals surface area contributed by atoms with E-state index in [1.165, 1.54) is 0 Å². The number of benzene rings is 1. The number of nitrogens with two attached hydrogens (primary N) is 1. The Bertz CT molecular complexity index is 168. The summed E-state index contributed by atoms with van der Waals surface area (Å²) in [5, 5.41) is 0.560. The molecule has 0 atom stereocenters. The summed E-state index contributed by atoms with van der Waals surface area (Å²) in [5.74, 6) is 0. The summed E-state index contributed by atoms with van der Waals surface area (Å²) in [5.41, 5.74) is 5.90. The molecule has 1 aromatic rings. The van der Waals surface area contributed by atoms with Crippen LogP contribution in [0.4, 0.5) is 5.69 Å². The van der Waals surface area contributed by atoms with Crippen LogP contribution in [0, 0.1) is 6.07 Å². The summed E-state index contributed by atoms with van der Waals surface area (Å²) in [7, 11) is 0. The Morgan fingerprint density at radius 3 is 2.62 bits per heavy atom. The van der Waals surface area contributed by atoms with Crippen LogP contribution in [0.2, 0.25) is 5.02 Å². The van der Waals surface area contributed by atoms with Gasteiger partial charge in [0.1, 0.15) is 0 Å². The summed E-state index contributed by atoms with van der Waals surface area (Å²) < 4.78 is 0. The summed E-state index contributed by atoms with van der Waals surface area (Å²) in [4.78, 5) is 0. The molecule has 2 N–H and O–H groups in total. The van der Waals surface area contributed by atoms with Crippen LogP contribution < -0.4 is 5.73 Å². The third-order valence-electron chi connectivity index (χ3n) is 0.782. The van der Waals surface area contributed by atoms with Crippen molar-refractivity contribution in [3.63, 3.8) is 0 Å². The van der Waals surface area contributed by atoms with Gasteiger partial charge in [0.15, 0.2) is 0 Å². The van der Waals surface area contributed by atoms with Gasteiger partial charge in [-0.1, -0.05) is 17.7 Å². The monoisotopic (exact) mass is 126 g/mol. The maximum absolute atomic E-state index is 5.51. The molecule has 1 radical (unpaired) electrons. The molecular weight excluding hydrogens is 122 g/mol. The van der Waals surface area contributed by atoms with Gasteiger partial charge in [-0.05, 0) is 12.1 Å². The number of nitrogen functional groups attached to an aromatic ring is 1. The summed E-state index contributed by atoms with van der Waals surface area (Å²) >= 11 is 5.51. The van der Waals surface area contributed by atoms with Crippen molar-refractivity contribution < 1.29 is 0 Å². The second-order valence-corrected chi connectivity index (χ2v) is 1.86. The van der Waals surface area contributed by atoms with Gasteiger partial charge in [-0.25, -0.2) is 0 Å². The maximum Gasteiger partial charge on any atom is 0.0506 e. The van der Waals surface area contributed by atoms with E-state index in [0.29, 0.717) is 10.7 Å². The van der Waals surface area contributed by atoms with Crippen molar-refractivity contribution in [3.05, 3.63) is 29.3 Å². The van der Waals surface area contributed by atoms with Crippen LogP contribution >= 0.6 is 11.6 Å². The molecule has 0 unspecified atom stereocenters. The number of halogens is 1. The highest BCUT2D eigenvalue weighted by Crippen LogP contribution is 2.09. The number of rotatable bonds is 0. The highest BCUT2D eigenvalue weighted by molar-refractivity contribution is 6.30. The van der Waals surface area contributed by atoms with Crippen LogP contribution in [0.5, 0.6) is 0 Å². The predicted octanol–water partition coefficient (Wildman–Crippen LogP) is 1.72. The molecule has 0 aliphatic carbocycles. The zero-order valence-corrected chi connectivity index (χ0v) is 4.94. The minimum Gasteiger partial charge on any atom is -0.398 e. The minimum absolute atomic E-state index is 0.560. The van der Waals surface area contributed by atoms with Crippen molar-refractivity contribution in [3.8, 4) is 0 Å². The minimum atomic E-state index is 0.560. The molecule has 0 heterocycles. The van der Waals surface area contributed by atoms with E-state index in [-0.39, 0.29) is 0 Å². The summed E-state index contributed by atoms with van der Waals surface area (Å²) in [6, 6.07) is 7.98. The van der Waals surface area contributed by atoms with Gasteiger partial charge in [0, 0.05) is 11.8 Å². The third-order valence-corrected chi connectivity index (χ3v) is 1.00. The van der Waals surface area contributed by atoms with E-state index >= 15 is 0 Å². The molecule has 0 spiro atoms. The van der Waals surface area contributed by atoms with E-state index in [4.69, 9.17) is 17.3 Å². The fourth-order valence-electron chi connectivity index (χ4n) is 0.457. The van der Waals surface area contributed by atoms with Crippen molar-refractivity contribution in [1.29, 1.82) is 0 Å². The SMILES string of the molecule is Nc1[c]c(Cl)ccc1. The molecule has 0 bridgehead atoms. The Morgan fingerprint density at radius 2 is 2.25 bits per heavy atom. The first-order valence-corrected chi connectivity index (χ1v) is 2.60. The zero-order valence-electron chi connectivity index (χ0n) is 4.19. The molecule has 0 fully saturated rings. The molecule has 1 aromatic carbocycles. The fraction of sp³-hybridized carbons (Fsp3) is 0. The molecule has 0 saturated carbocycles. The number of hydrogen-bond donors (Lipinski definition) is 1. The van der Waals surface area contributed by atoms with E-state index in [1.807, 2.05) is 0 Å². The predicted molar refractivity (Wildman–Crippen MR) is 34.7 cm³/mol. The largest absolute Gasteiger partial charge is 0.398 e. The highest BCUT2D eigenvalue weighted by Gasteiger charge is 1.84. The van der Waals surface area contributed by atoms with Crippen LogP contribution in [-0.4, -0.2) is 0 Å². The van der Waals surface area contributed by atoms with Gasteiger partial charge < -0.3 is 5.73 Å². The van der Waals surface area contributed by atoms with Crippen molar-refractivity contribution in [2.45, 2.75) is 0 Å². The van der Waals surface area contributed by atoms with Crippen LogP contribution in [0.25, 0.3) is 0 Å². The van der Waals surface area contributed by atoms with Crippen molar-refractivity contribution in [1.82, 2.24) is 0 Å². The lowest BCUT2D eigenvalue weighted by molar-refractivity contribution is 1.67. The lowest BCUT2D eigenvalue weighted by Gasteiger charge is -1.88. The summed E-state index contributed by atoms with van der Waals surface area (Å²) in [6.45, 7) is 0. The molecular formula is C6H5ClN. The Kier molecular flexibility index (Phi) is 1.40. The number of anilines is 1. The van der Waals surface area contributed by atoms with Crippen molar-refractivity contribution in [2.75, 3.05) is 5.73 Å². The molecule has 1 nitrogen and oxygen atoms in total. The van der Waals surface area contributed by atoms with E-state index < -0.39 is 0 Å². The third kappa shape index (κ3) is 1.14. The smallest absolute Gasteiger partial charge is 0.0506 e. The van der Waals surface area contributed by atoms with Gasteiger partial charge in [0.05, 0.1) is 5.02 Å². The second kappa shape index (κ2) is 2.05. The number of hydrogen-bond acceptors (Lipinski definition) is 1. The summed E-state index contributed by atoms with van der Waals surface area (Å²) in [6.07, 6.45) is 0. The Balaban J connectivity index is 3.08. The second-order valence-electron chi connectivity index (χ2n) is 1.45. The van der Waals surface area contributed by atoms with Crippen LogP contribution in [0.15, 0.2) is 18.2 Å². The average molecular weight is 127 g/mol. The van der Waals surface area contributed by atoms with E-state index in [1.54, 1.807) is 18.2 Å². The first-order chi connectivity index (χ1) is 3.79. The van der Waals surface area contributed by atoms with Crippen LogP contribution in [0.3, 0.4) is 0 Å². The van der Waals surface area contributed by atoms with Gasteiger partial charge >= 0.3 is 0 Å². The topological polar surface area (TPSA) is 26.0 Å². The molecule has 0 aliphatic rings. The molecule has 1 rings (SSSR count). The first-order valence-electron chi connectivity index (χ1n) is 2.22. The van der Waals surface area contributed by atoms with Gasteiger partial charge in [-0.15, -0.1) is 0 Å². The van der Waals surface area contributed by atoms with E-state index in [2.05, 4.69) is 6.07 Å². The van der Waals surface area contributed by atoms with Crippen molar-refractivity contribution >= 4 is 17.3 Å². The standard InChI is InChI=1S/C6H5ClN/c7-5-2-1-3-6(8)4-5/h1-3H,8H2. The van der Waals surface area contributed by atoms with Gasteiger partial charge in [0.2, 0.25) is 0 Å². The van der Waals surface area contributed by atoms with Crippen LogP contribution in [-0.2, 0) is 0 Å². The Labute approximate surface area is 53.1 Å². The maximum atomic E-state index is 5.51. The van der Waals surface area contributed by atoms with Crippen LogP contribution in [0.1, 0.15) is 0 Å². The average Bonchev–Trinajstić information content (AvgIpc) is 1.64. The Hall–Kier alpha value is -0.690. The zero-order chi connectivity index (χ0) is 5.98. The molecule has 0 aromatic heterocycles.